The molecule has 2 amide bonds. The lowest BCUT2D eigenvalue weighted by Gasteiger charge is -2.15. The zero-order valence-electron chi connectivity index (χ0n) is 13.9. The van der Waals surface area contributed by atoms with Crippen molar-refractivity contribution in [2.75, 3.05) is 12.4 Å². The first-order chi connectivity index (χ1) is 12.0. The monoisotopic (exact) mass is 357 g/mol. The molecule has 25 heavy (non-hydrogen) atoms. The maximum absolute atomic E-state index is 12.1. The number of Topliss-reactive ketones (excluding diaryl/α,β-unsaturated/α-hetero) is 1. The Labute approximate surface area is 150 Å². The number of anilines is 1. The third-order valence-electron chi connectivity index (χ3n) is 4.09. The van der Waals surface area contributed by atoms with Gasteiger partial charge in [-0.15, -0.1) is 0 Å². The highest BCUT2D eigenvalue weighted by molar-refractivity contribution is 6.38. The van der Waals surface area contributed by atoms with Gasteiger partial charge < -0.3 is 5.32 Å². The first kappa shape index (κ1) is 17.0. The number of carbonyl (C=O) groups is 2. The molecule has 0 atom stereocenters. The second-order valence-corrected chi connectivity index (χ2v) is 6.18. The second-order valence-electron chi connectivity index (χ2n) is 5.80. The molecule has 1 aliphatic heterocycles. The van der Waals surface area contributed by atoms with E-state index in [9.17, 15) is 9.59 Å². The van der Waals surface area contributed by atoms with Crippen LogP contribution in [0, 0.1) is 0 Å². The van der Waals surface area contributed by atoms with Gasteiger partial charge in [-0.2, -0.15) is 0 Å². The van der Waals surface area contributed by atoms with Gasteiger partial charge in [0.1, 0.15) is 12.7 Å². The fourth-order valence-corrected chi connectivity index (χ4v) is 2.91. The van der Waals surface area contributed by atoms with Gasteiger partial charge in [0.25, 0.3) is 0 Å². The summed E-state index contributed by atoms with van der Waals surface area (Å²) < 4.78 is 1.72. The van der Waals surface area contributed by atoms with Crippen molar-refractivity contribution >= 4 is 46.1 Å². The molecule has 7 heteroatoms. The Morgan fingerprint density at radius 3 is 2.76 bits per heavy atom. The third kappa shape index (κ3) is 3.64. The summed E-state index contributed by atoms with van der Waals surface area (Å²) in [4.78, 5) is 23.8. The Kier molecular flexibility index (Phi) is 4.72. The molecular weight excluding hydrogens is 340 g/mol. The van der Waals surface area contributed by atoms with E-state index in [2.05, 4.69) is 16.2 Å². The van der Waals surface area contributed by atoms with Gasteiger partial charge >= 0.3 is 6.03 Å². The van der Waals surface area contributed by atoms with Crippen molar-refractivity contribution in [3.63, 3.8) is 0 Å². The van der Waals surface area contributed by atoms with Gasteiger partial charge in [0.2, 0.25) is 12.0 Å². The quantitative estimate of drug-likeness (QED) is 0.584. The number of fused-ring (bicyclic) bond motifs is 1. The molecule has 3 N–H and O–H groups in total. The number of amides is 2. The second kappa shape index (κ2) is 6.94. The molecule has 2 aromatic rings. The van der Waals surface area contributed by atoms with Crippen molar-refractivity contribution in [2.24, 2.45) is 0 Å². The Balaban J connectivity index is 1.69. The minimum Gasteiger partial charge on any atom is -0.305 e. The predicted octanol–water partition coefficient (Wildman–Crippen LogP) is 3.04. The van der Waals surface area contributed by atoms with Crippen LogP contribution in [0.2, 0.25) is 5.02 Å². The number of nitrogens with one attached hydrogen (secondary N) is 3. The molecule has 0 unspecified atom stereocenters. The number of benzene rings is 2. The topological polar surface area (TPSA) is 73.2 Å². The summed E-state index contributed by atoms with van der Waals surface area (Å²) in [6.07, 6.45) is 1.74. The lowest BCUT2D eigenvalue weighted by Crippen LogP contribution is -2.42. The van der Waals surface area contributed by atoms with E-state index in [-0.39, 0.29) is 12.2 Å². The molecule has 0 saturated heterocycles. The number of urea groups is 1. The Morgan fingerprint density at radius 2 is 1.96 bits per heavy atom. The van der Waals surface area contributed by atoms with E-state index in [1.54, 1.807) is 17.7 Å². The summed E-state index contributed by atoms with van der Waals surface area (Å²) in [5.74, 6) is -0.0321. The van der Waals surface area contributed by atoms with E-state index < -0.39 is 6.03 Å². The van der Waals surface area contributed by atoms with Crippen LogP contribution in [0.5, 0.6) is 0 Å². The molecule has 3 rings (SSSR count). The van der Waals surface area contributed by atoms with Gasteiger partial charge in [-0.05, 0) is 11.5 Å². The van der Waals surface area contributed by atoms with Gasteiger partial charge in [0.15, 0.2) is 5.70 Å². The van der Waals surface area contributed by atoms with Gasteiger partial charge in [-0.25, -0.2) is 9.37 Å². The minimum absolute atomic E-state index is 0.0321. The van der Waals surface area contributed by atoms with Gasteiger partial charge in [0.05, 0.1) is 17.1 Å². The van der Waals surface area contributed by atoms with Crippen molar-refractivity contribution in [3.05, 3.63) is 52.8 Å². The van der Waals surface area contributed by atoms with E-state index in [0.717, 1.165) is 16.5 Å². The zero-order chi connectivity index (χ0) is 18.0. The minimum atomic E-state index is -0.470. The highest BCUT2D eigenvalue weighted by Crippen LogP contribution is 2.30. The summed E-state index contributed by atoms with van der Waals surface area (Å²) in [6.45, 7) is 1.87. The molecule has 0 saturated carbocycles. The first-order valence-corrected chi connectivity index (χ1v) is 8.14. The van der Waals surface area contributed by atoms with Crippen molar-refractivity contribution in [3.8, 4) is 0 Å². The summed E-state index contributed by atoms with van der Waals surface area (Å²) in [5, 5.41) is 5.05. The highest BCUT2D eigenvalue weighted by Gasteiger charge is 2.22. The SMILES string of the molecule is CC1=C(NNC(=O)Nc2ccc3ccccc3c2Cl)CC(=O)C=[N+]1C. The van der Waals surface area contributed by atoms with E-state index >= 15 is 0 Å². The third-order valence-corrected chi connectivity index (χ3v) is 4.50. The van der Waals surface area contributed by atoms with Crippen LogP contribution in [-0.4, -0.2) is 29.7 Å². The number of rotatable bonds is 3. The highest BCUT2D eigenvalue weighted by atomic mass is 35.5. The molecule has 0 bridgehead atoms. The summed E-state index contributed by atoms with van der Waals surface area (Å²) in [6, 6.07) is 10.8. The van der Waals surface area contributed by atoms with Crippen LogP contribution in [-0.2, 0) is 4.79 Å². The van der Waals surface area contributed by atoms with E-state index in [1.807, 2.05) is 37.3 Å². The molecule has 1 heterocycles. The Hall–Kier alpha value is -2.86. The molecule has 6 nitrogen and oxygen atoms in total. The van der Waals surface area contributed by atoms with E-state index in [0.29, 0.717) is 16.4 Å². The molecule has 0 aromatic heterocycles. The number of hydrazine groups is 1. The largest absolute Gasteiger partial charge is 0.337 e. The zero-order valence-corrected chi connectivity index (χ0v) is 14.6. The lowest BCUT2D eigenvalue weighted by atomic mass is 10.1. The van der Waals surface area contributed by atoms with Crippen molar-refractivity contribution in [1.29, 1.82) is 0 Å². The number of allylic oxidation sites excluding steroid dienone is 2. The van der Waals surface area contributed by atoms with Crippen LogP contribution >= 0.6 is 11.6 Å². The van der Waals surface area contributed by atoms with Gasteiger partial charge in [-0.1, -0.05) is 41.9 Å². The predicted molar refractivity (Wildman–Crippen MR) is 98.8 cm³/mol. The number of carbonyl (C=O) groups excluding carboxylic acids is 2. The standard InChI is InChI=1S/C18H17ClN4O2/c1-11-16(9-13(24)10-23(11)2)21-22-18(25)20-15-8-7-12-5-3-4-6-14(12)17(15)19/h3-8,10H,9H2,1-2H3,(H2,20,24,25)/p+1. The first-order valence-electron chi connectivity index (χ1n) is 7.76. The van der Waals surface area contributed by atoms with Gasteiger partial charge in [-0.3, -0.25) is 15.6 Å². The van der Waals surface area contributed by atoms with Crippen LogP contribution in [0.1, 0.15) is 13.3 Å². The Bertz CT molecular complexity index is 934. The molecule has 0 aliphatic carbocycles. The number of hydrogen-bond acceptors (Lipinski definition) is 3. The number of halogens is 1. The fourth-order valence-electron chi connectivity index (χ4n) is 2.62. The van der Waals surface area contributed by atoms with Crippen LogP contribution in [0.25, 0.3) is 10.8 Å². The van der Waals surface area contributed by atoms with E-state index in [4.69, 9.17) is 11.6 Å². The van der Waals surface area contributed by atoms with Crippen molar-refractivity contribution in [2.45, 2.75) is 13.3 Å². The number of ketones is 1. The molecular formula is C18H18ClN4O2+. The van der Waals surface area contributed by atoms with Crippen molar-refractivity contribution < 1.29 is 14.2 Å². The summed E-state index contributed by atoms with van der Waals surface area (Å²) in [5.41, 5.74) is 7.36. The smallest absolute Gasteiger partial charge is 0.305 e. The van der Waals surface area contributed by atoms with Gasteiger partial charge in [0, 0.05) is 12.3 Å². The molecule has 1 aliphatic rings. The lowest BCUT2D eigenvalue weighted by molar-refractivity contribution is -0.440. The molecule has 0 spiro atoms. The van der Waals surface area contributed by atoms with Crippen LogP contribution in [0.4, 0.5) is 10.5 Å². The Morgan fingerprint density at radius 1 is 1.20 bits per heavy atom. The maximum atomic E-state index is 12.1. The van der Waals surface area contributed by atoms with E-state index in [1.165, 1.54) is 6.21 Å². The van der Waals surface area contributed by atoms with Crippen LogP contribution in [0.15, 0.2) is 47.8 Å². The van der Waals surface area contributed by atoms with Crippen LogP contribution < -0.4 is 16.2 Å². The number of nitrogens with zero attached hydrogens (tertiary/aromatic N) is 1. The summed E-state index contributed by atoms with van der Waals surface area (Å²) in [7, 11) is 1.78. The van der Waals surface area contributed by atoms with Crippen molar-refractivity contribution in [1.82, 2.24) is 10.9 Å². The maximum Gasteiger partial charge on any atom is 0.337 e. The summed E-state index contributed by atoms with van der Waals surface area (Å²) >= 11 is 6.37. The average Bonchev–Trinajstić information content (AvgIpc) is 2.59. The molecule has 2 aromatic carbocycles. The normalized spacial score (nSPS) is 14.4. The fraction of sp³-hybridized carbons (Fsp3) is 0.167. The molecule has 0 fully saturated rings. The molecule has 0 radical (unpaired) electrons. The van der Waals surface area contributed by atoms with Crippen LogP contribution in [0.3, 0.4) is 0 Å². The number of hydrogen-bond donors (Lipinski definition) is 3. The average molecular weight is 358 g/mol. The molecule has 128 valence electrons.